The summed E-state index contributed by atoms with van der Waals surface area (Å²) in [4.78, 5) is 17.7. The molecule has 156 valence electrons. The van der Waals surface area contributed by atoms with E-state index in [1.165, 1.54) is 23.5 Å². The van der Waals surface area contributed by atoms with Gasteiger partial charge in [0.1, 0.15) is 5.69 Å². The molecule has 3 aromatic heterocycles. The van der Waals surface area contributed by atoms with Gasteiger partial charge in [-0.05, 0) is 31.5 Å². The zero-order chi connectivity index (χ0) is 21.3. The minimum Gasteiger partial charge on any atom is -0.348 e. The number of hydrogen-bond acceptors (Lipinski definition) is 4. The van der Waals surface area contributed by atoms with E-state index in [1.54, 1.807) is 26.9 Å². The van der Waals surface area contributed by atoms with Crippen molar-refractivity contribution in [3.63, 3.8) is 0 Å². The standard InChI is InChI=1S/C20H18F3N5OS/c1-13(7-10-27-9-2-8-24-27)25-18(29)17-12-30-19-26-16(11-28(17)19)14-3-5-15(6-4-14)20(21,22)23/h2-6,8-9,11-13H,7,10H2,1H3,(H,25,29)/t13-/m0/s1. The topological polar surface area (TPSA) is 64.2 Å². The maximum absolute atomic E-state index is 12.8. The third-order valence-corrected chi connectivity index (χ3v) is 5.52. The number of imidazole rings is 1. The fraction of sp³-hybridized carbons (Fsp3) is 0.250. The molecule has 0 aliphatic rings. The van der Waals surface area contributed by atoms with Crippen molar-refractivity contribution < 1.29 is 18.0 Å². The second-order valence-corrected chi connectivity index (χ2v) is 7.74. The Morgan fingerprint density at radius 2 is 2.03 bits per heavy atom. The Bertz CT molecular complexity index is 1150. The zero-order valence-electron chi connectivity index (χ0n) is 15.9. The predicted molar refractivity (Wildman–Crippen MR) is 107 cm³/mol. The molecule has 4 rings (SSSR count). The van der Waals surface area contributed by atoms with Crippen LogP contribution >= 0.6 is 11.3 Å². The Morgan fingerprint density at radius 3 is 2.70 bits per heavy atom. The van der Waals surface area contributed by atoms with Gasteiger partial charge in [-0.1, -0.05) is 12.1 Å². The molecular weight excluding hydrogens is 415 g/mol. The number of thiazole rings is 1. The smallest absolute Gasteiger partial charge is 0.348 e. The van der Waals surface area contributed by atoms with E-state index in [9.17, 15) is 18.0 Å². The lowest BCUT2D eigenvalue weighted by atomic mass is 10.1. The monoisotopic (exact) mass is 433 g/mol. The first-order chi connectivity index (χ1) is 14.3. The number of aryl methyl sites for hydroxylation is 1. The van der Waals surface area contributed by atoms with Gasteiger partial charge in [0.05, 0.1) is 11.3 Å². The number of nitrogens with zero attached hydrogens (tertiary/aromatic N) is 4. The summed E-state index contributed by atoms with van der Waals surface area (Å²) < 4.78 is 41.7. The van der Waals surface area contributed by atoms with Crippen LogP contribution in [0.1, 0.15) is 29.4 Å². The van der Waals surface area contributed by atoms with Gasteiger partial charge in [-0.2, -0.15) is 18.3 Å². The van der Waals surface area contributed by atoms with Crippen molar-refractivity contribution in [2.24, 2.45) is 0 Å². The number of halogens is 3. The summed E-state index contributed by atoms with van der Waals surface area (Å²) >= 11 is 1.30. The SMILES string of the molecule is C[C@@H](CCn1cccn1)NC(=O)c1csc2nc(-c3ccc(C(F)(F)F)cc3)cn12. The fourth-order valence-electron chi connectivity index (χ4n) is 3.04. The number of nitrogens with one attached hydrogen (secondary N) is 1. The molecule has 0 bridgehead atoms. The lowest BCUT2D eigenvalue weighted by Gasteiger charge is -2.13. The number of fused-ring (bicyclic) bond motifs is 1. The molecule has 0 saturated carbocycles. The summed E-state index contributed by atoms with van der Waals surface area (Å²) in [6.07, 6.45) is 1.58. The minimum absolute atomic E-state index is 0.0606. The van der Waals surface area contributed by atoms with Gasteiger partial charge >= 0.3 is 6.18 Å². The largest absolute Gasteiger partial charge is 0.416 e. The van der Waals surface area contributed by atoms with E-state index in [1.807, 2.05) is 19.2 Å². The Balaban J connectivity index is 1.47. The van der Waals surface area contributed by atoms with E-state index < -0.39 is 11.7 Å². The molecule has 0 radical (unpaired) electrons. The summed E-state index contributed by atoms with van der Waals surface area (Å²) in [5.74, 6) is -0.231. The van der Waals surface area contributed by atoms with E-state index >= 15 is 0 Å². The maximum Gasteiger partial charge on any atom is 0.416 e. The van der Waals surface area contributed by atoms with Crippen LogP contribution in [0.3, 0.4) is 0 Å². The molecule has 0 aliphatic carbocycles. The molecule has 3 heterocycles. The quantitative estimate of drug-likeness (QED) is 0.487. The minimum atomic E-state index is -4.38. The molecule has 1 aromatic carbocycles. The second kappa shape index (κ2) is 7.94. The van der Waals surface area contributed by atoms with Gasteiger partial charge in [0.15, 0.2) is 4.96 Å². The predicted octanol–water partition coefficient (Wildman–Crippen LogP) is 4.49. The summed E-state index contributed by atoms with van der Waals surface area (Å²) in [6.45, 7) is 2.61. The van der Waals surface area contributed by atoms with Gasteiger partial charge in [-0.25, -0.2) is 4.98 Å². The number of aromatic nitrogens is 4. The molecule has 4 aromatic rings. The number of amides is 1. The Hall–Kier alpha value is -3.14. The second-order valence-electron chi connectivity index (χ2n) is 6.91. The molecule has 30 heavy (non-hydrogen) atoms. The van der Waals surface area contributed by atoms with Crippen molar-refractivity contribution in [1.29, 1.82) is 0 Å². The van der Waals surface area contributed by atoms with Crippen LogP contribution in [0, 0.1) is 0 Å². The van der Waals surface area contributed by atoms with Crippen molar-refractivity contribution in [1.82, 2.24) is 24.5 Å². The number of benzene rings is 1. The molecule has 1 N–H and O–H groups in total. The molecular formula is C20H18F3N5OS. The first kappa shape index (κ1) is 20.1. The molecule has 0 aliphatic heterocycles. The number of alkyl halides is 3. The molecule has 1 amide bonds. The zero-order valence-corrected chi connectivity index (χ0v) is 16.7. The van der Waals surface area contributed by atoms with Gasteiger partial charge in [0.2, 0.25) is 0 Å². The Morgan fingerprint density at radius 1 is 1.27 bits per heavy atom. The lowest BCUT2D eigenvalue weighted by Crippen LogP contribution is -2.34. The van der Waals surface area contributed by atoms with Crippen molar-refractivity contribution >= 4 is 22.2 Å². The van der Waals surface area contributed by atoms with Gasteiger partial charge in [-0.15, -0.1) is 11.3 Å². The highest BCUT2D eigenvalue weighted by Gasteiger charge is 2.30. The number of rotatable bonds is 6. The van der Waals surface area contributed by atoms with Gasteiger partial charge < -0.3 is 5.32 Å². The molecule has 0 spiro atoms. The summed E-state index contributed by atoms with van der Waals surface area (Å²) in [6, 6.07) is 6.60. The average molecular weight is 433 g/mol. The average Bonchev–Trinajstić information content (AvgIpc) is 3.42. The van der Waals surface area contributed by atoms with Gasteiger partial charge in [0, 0.05) is 42.1 Å². The Labute approximate surface area is 174 Å². The third kappa shape index (κ3) is 4.23. The normalized spacial score (nSPS) is 12.9. The van der Waals surface area contributed by atoms with Crippen LogP contribution in [0.4, 0.5) is 13.2 Å². The third-order valence-electron chi connectivity index (χ3n) is 4.68. The molecule has 0 fully saturated rings. The van der Waals surface area contributed by atoms with Gasteiger partial charge in [-0.3, -0.25) is 13.9 Å². The summed E-state index contributed by atoms with van der Waals surface area (Å²) in [7, 11) is 0. The molecule has 6 nitrogen and oxygen atoms in total. The van der Waals surface area contributed by atoms with Crippen LogP contribution in [-0.4, -0.2) is 31.1 Å². The van der Waals surface area contributed by atoms with E-state index in [4.69, 9.17) is 0 Å². The fourth-order valence-corrected chi connectivity index (χ4v) is 3.90. The highest BCUT2D eigenvalue weighted by atomic mass is 32.1. The van der Waals surface area contributed by atoms with Crippen LogP contribution in [-0.2, 0) is 12.7 Å². The van der Waals surface area contributed by atoms with Crippen molar-refractivity contribution in [3.05, 3.63) is 65.6 Å². The highest BCUT2D eigenvalue weighted by Crippen LogP contribution is 2.31. The van der Waals surface area contributed by atoms with E-state index in [2.05, 4.69) is 15.4 Å². The summed E-state index contributed by atoms with van der Waals surface area (Å²) in [5.41, 5.74) is 0.789. The van der Waals surface area contributed by atoms with E-state index in [0.717, 1.165) is 18.6 Å². The Kier molecular flexibility index (Phi) is 5.33. The van der Waals surface area contributed by atoms with Crippen molar-refractivity contribution in [2.45, 2.75) is 32.1 Å². The van der Waals surface area contributed by atoms with Crippen molar-refractivity contribution in [3.8, 4) is 11.3 Å². The lowest BCUT2D eigenvalue weighted by molar-refractivity contribution is -0.137. The first-order valence-electron chi connectivity index (χ1n) is 9.24. The molecule has 0 unspecified atom stereocenters. The number of carbonyl (C=O) groups excluding carboxylic acids is 1. The first-order valence-corrected chi connectivity index (χ1v) is 10.1. The molecule has 0 saturated heterocycles. The number of hydrogen-bond donors (Lipinski definition) is 1. The number of carbonyl (C=O) groups is 1. The van der Waals surface area contributed by atoms with Crippen LogP contribution in [0.5, 0.6) is 0 Å². The van der Waals surface area contributed by atoms with Crippen LogP contribution in [0.25, 0.3) is 16.2 Å². The molecule has 1 atom stereocenters. The van der Waals surface area contributed by atoms with Crippen LogP contribution < -0.4 is 5.32 Å². The summed E-state index contributed by atoms with van der Waals surface area (Å²) in [5, 5.41) is 8.82. The molecule has 10 heteroatoms. The van der Waals surface area contributed by atoms with Crippen LogP contribution in [0.15, 0.2) is 54.3 Å². The van der Waals surface area contributed by atoms with Crippen molar-refractivity contribution in [2.75, 3.05) is 0 Å². The van der Waals surface area contributed by atoms with E-state index in [0.29, 0.717) is 28.5 Å². The van der Waals surface area contributed by atoms with E-state index in [-0.39, 0.29) is 11.9 Å². The maximum atomic E-state index is 12.8. The van der Waals surface area contributed by atoms with Gasteiger partial charge in [0.25, 0.3) is 5.91 Å². The highest BCUT2D eigenvalue weighted by molar-refractivity contribution is 7.15. The van der Waals surface area contributed by atoms with Crippen LogP contribution in [0.2, 0.25) is 0 Å².